The lowest BCUT2D eigenvalue weighted by molar-refractivity contribution is 0.102. The van der Waals surface area contributed by atoms with Crippen LogP contribution in [-0.2, 0) is 16.6 Å². The Hall–Kier alpha value is -2.63. The van der Waals surface area contributed by atoms with Crippen LogP contribution in [0.4, 0.5) is 10.8 Å². The van der Waals surface area contributed by atoms with E-state index in [0.717, 1.165) is 16.2 Å². The molecule has 0 aliphatic rings. The third-order valence-electron chi connectivity index (χ3n) is 4.18. The second-order valence-electron chi connectivity index (χ2n) is 6.42. The summed E-state index contributed by atoms with van der Waals surface area (Å²) in [7, 11) is -3.51. The van der Waals surface area contributed by atoms with Crippen molar-refractivity contribution in [2.24, 2.45) is 0 Å². The molecule has 1 aromatic heterocycles. The molecule has 0 aliphatic carbocycles. The monoisotopic (exact) mass is 478 g/mol. The fourth-order valence-electron chi connectivity index (χ4n) is 2.71. The predicted molar refractivity (Wildman–Crippen MR) is 125 cm³/mol. The fraction of sp³-hybridized carbons (Fsp3) is 0.250. The average molecular weight is 479 g/mol. The summed E-state index contributed by atoms with van der Waals surface area (Å²) in [6, 6.07) is 13.7. The Labute approximate surface area is 189 Å². The number of thioether (sulfide) groups is 1. The summed E-state index contributed by atoms with van der Waals surface area (Å²) in [6.45, 7) is 2.56. The van der Waals surface area contributed by atoms with Gasteiger partial charge in [-0.15, -0.1) is 10.2 Å². The molecule has 0 bridgehead atoms. The molecule has 0 fully saturated rings. The van der Waals surface area contributed by atoms with Crippen molar-refractivity contribution in [1.29, 1.82) is 0 Å². The van der Waals surface area contributed by atoms with Gasteiger partial charge in [0.15, 0.2) is 4.34 Å². The largest absolute Gasteiger partial charge is 0.494 e. The van der Waals surface area contributed by atoms with Crippen molar-refractivity contribution >= 4 is 49.8 Å². The van der Waals surface area contributed by atoms with Crippen LogP contribution in [0.1, 0.15) is 22.8 Å². The maximum absolute atomic E-state index is 12.4. The highest BCUT2D eigenvalue weighted by Crippen LogP contribution is 2.25. The number of benzene rings is 2. The lowest BCUT2D eigenvalue weighted by Crippen LogP contribution is -2.29. The van der Waals surface area contributed by atoms with E-state index in [1.807, 2.05) is 13.2 Å². The fourth-order valence-corrected chi connectivity index (χ4v) is 4.77. The Bertz CT molecular complexity index is 1130. The zero-order valence-electron chi connectivity index (χ0n) is 17.2. The molecule has 3 rings (SSSR count). The minimum Gasteiger partial charge on any atom is -0.494 e. The topological polar surface area (TPSA) is 101 Å². The van der Waals surface area contributed by atoms with Gasteiger partial charge in [0.2, 0.25) is 15.2 Å². The molecule has 2 aromatic carbocycles. The maximum Gasteiger partial charge on any atom is 0.257 e. The van der Waals surface area contributed by atoms with Gasteiger partial charge in [-0.25, -0.2) is 8.42 Å². The molecule has 1 N–H and O–H groups in total. The van der Waals surface area contributed by atoms with Crippen LogP contribution in [-0.4, -0.2) is 43.6 Å². The summed E-state index contributed by atoms with van der Waals surface area (Å²) < 4.78 is 32.2. The van der Waals surface area contributed by atoms with Crippen molar-refractivity contribution in [3.63, 3.8) is 0 Å². The number of carbonyl (C=O) groups is 1. The molecule has 0 saturated carbocycles. The first-order chi connectivity index (χ1) is 14.8. The molecule has 164 valence electrons. The van der Waals surface area contributed by atoms with Gasteiger partial charge >= 0.3 is 0 Å². The van der Waals surface area contributed by atoms with Crippen LogP contribution >= 0.6 is 23.1 Å². The number of sulfonamides is 1. The lowest BCUT2D eigenvalue weighted by Gasteiger charge is -2.23. The first kappa shape index (κ1) is 23.0. The molecule has 0 radical (unpaired) electrons. The van der Waals surface area contributed by atoms with Crippen molar-refractivity contribution in [3.05, 3.63) is 59.7 Å². The molecule has 11 heteroatoms. The van der Waals surface area contributed by atoms with Gasteiger partial charge < -0.3 is 4.74 Å². The smallest absolute Gasteiger partial charge is 0.257 e. The summed E-state index contributed by atoms with van der Waals surface area (Å²) in [5.41, 5.74) is 1.72. The molecule has 31 heavy (non-hydrogen) atoms. The van der Waals surface area contributed by atoms with Gasteiger partial charge in [0.1, 0.15) is 5.75 Å². The molecule has 0 saturated heterocycles. The predicted octanol–water partition coefficient (Wildman–Crippen LogP) is 3.88. The summed E-state index contributed by atoms with van der Waals surface area (Å²) >= 11 is 2.75. The highest BCUT2D eigenvalue weighted by atomic mass is 32.2. The number of hydrogen-bond donors (Lipinski definition) is 1. The summed E-state index contributed by atoms with van der Waals surface area (Å²) in [5.74, 6) is 0.372. The van der Waals surface area contributed by atoms with Gasteiger partial charge in [-0.1, -0.05) is 35.2 Å². The Kier molecular flexibility index (Phi) is 7.52. The quantitative estimate of drug-likeness (QED) is 0.368. The Balaban J connectivity index is 1.73. The number of amides is 1. The molecular weight excluding hydrogens is 456 g/mol. The molecular formula is C20H22N4O4S3. The SMILES string of the molecule is CCOc1ccc(N(Cc2ccc(C(=O)Nc3nnc(SC)s3)cc2)S(C)(=O)=O)cc1. The Morgan fingerprint density at radius 1 is 1.13 bits per heavy atom. The summed E-state index contributed by atoms with van der Waals surface area (Å²) in [5, 5.41) is 11.0. The van der Waals surface area contributed by atoms with E-state index in [1.165, 1.54) is 27.4 Å². The number of nitrogens with zero attached hydrogens (tertiary/aromatic N) is 3. The third kappa shape index (κ3) is 6.18. The van der Waals surface area contributed by atoms with E-state index >= 15 is 0 Å². The number of nitrogens with one attached hydrogen (secondary N) is 1. The zero-order chi connectivity index (χ0) is 22.4. The number of aromatic nitrogens is 2. The summed E-state index contributed by atoms with van der Waals surface area (Å²) in [6.07, 6.45) is 3.05. The number of hydrogen-bond acceptors (Lipinski definition) is 8. The van der Waals surface area contributed by atoms with Crippen molar-refractivity contribution in [2.45, 2.75) is 17.8 Å². The first-order valence-electron chi connectivity index (χ1n) is 9.28. The van der Waals surface area contributed by atoms with E-state index in [9.17, 15) is 13.2 Å². The molecule has 1 heterocycles. The molecule has 1 amide bonds. The lowest BCUT2D eigenvalue weighted by atomic mass is 10.1. The minimum absolute atomic E-state index is 0.141. The highest BCUT2D eigenvalue weighted by Gasteiger charge is 2.18. The van der Waals surface area contributed by atoms with Crippen LogP contribution in [0.25, 0.3) is 0 Å². The van der Waals surface area contributed by atoms with E-state index < -0.39 is 10.0 Å². The van der Waals surface area contributed by atoms with Crippen molar-refractivity contribution in [2.75, 3.05) is 28.7 Å². The molecule has 0 aliphatic heterocycles. The van der Waals surface area contributed by atoms with E-state index in [0.29, 0.717) is 28.7 Å². The van der Waals surface area contributed by atoms with Crippen molar-refractivity contribution in [1.82, 2.24) is 10.2 Å². The van der Waals surface area contributed by atoms with Gasteiger partial charge in [-0.05, 0) is 55.1 Å². The average Bonchev–Trinajstić information content (AvgIpc) is 3.20. The number of anilines is 2. The van der Waals surface area contributed by atoms with Crippen LogP contribution < -0.4 is 14.4 Å². The maximum atomic E-state index is 12.4. The summed E-state index contributed by atoms with van der Waals surface area (Å²) in [4.78, 5) is 12.4. The van der Waals surface area contributed by atoms with Crippen LogP contribution in [0.15, 0.2) is 52.9 Å². The van der Waals surface area contributed by atoms with Crippen LogP contribution in [0.2, 0.25) is 0 Å². The van der Waals surface area contributed by atoms with Crippen LogP contribution in [0.5, 0.6) is 5.75 Å². The van der Waals surface area contributed by atoms with Gasteiger partial charge in [0, 0.05) is 5.56 Å². The number of rotatable bonds is 9. The van der Waals surface area contributed by atoms with E-state index in [4.69, 9.17) is 4.74 Å². The molecule has 0 unspecified atom stereocenters. The third-order valence-corrected chi connectivity index (χ3v) is 7.13. The zero-order valence-corrected chi connectivity index (χ0v) is 19.7. The van der Waals surface area contributed by atoms with E-state index in [-0.39, 0.29) is 12.5 Å². The van der Waals surface area contributed by atoms with Gasteiger partial charge in [0.05, 0.1) is 25.1 Å². The molecule has 0 atom stereocenters. The van der Waals surface area contributed by atoms with Gasteiger partial charge in [-0.3, -0.25) is 14.4 Å². The molecule has 8 nitrogen and oxygen atoms in total. The van der Waals surface area contributed by atoms with Crippen molar-refractivity contribution in [3.8, 4) is 5.75 Å². The van der Waals surface area contributed by atoms with Crippen LogP contribution in [0, 0.1) is 0 Å². The Morgan fingerprint density at radius 3 is 2.35 bits per heavy atom. The molecule has 3 aromatic rings. The standard InChI is InChI=1S/C20H22N4O4S3/c1-4-28-17-11-9-16(10-12-17)24(31(3,26)27)13-14-5-7-15(8-6-14)18(25)21-19-22-23-20(29-2)30-19/h5-12H,4,13H2,1-3H3,(H,21,22,25). The van der Waals surface area contributed by atoms with E-state index in [1.54, 1.807) is 48.5 Å². The number of ether oxygens (including phenoxy) is 1. The second kappa shape index (κ2) is 10.1. The first-order valence-corrected chi connectivity index (χ1v) is 13.2. The normalized spacial score (nSPS) is 11.2. The van der Waals surface area contributed by atoms with E-state index in [2.05, 4.69) is 15.5 Å². The Morgan fingerprint density at radius 2 is 1.81 bits per heavy atom. The van der Waals surface area contributed by atoms with Crippen LogP contribution in [0.3, 0.4) is 0 Å². The molecule has 0 spiro atoms. The second-order valence-corrected chi connectivity index (χ2v) is 10.4. The van der Waals surface area contributed by atoms with Gasteiger partial charge in [-0.2, -0.15) is 0 Å². The van der Waals surface area contributed by atoms with Gasteiger partial charge in [0.25, 0.3) is 5.91 Å². The number of carbonyl (C=O) groups excluding carboxylic acids is 1. The highest BCUT2D eigenvalue weighted by molar-refractivity contribution is 8.00. The van der Waals surface area contributed by atoms with Crippen molar-refractivity contribution < 1.29 is 17.9 Å². The minimum atomic E-state index is -3.51.